The van der Waals surface area contributed by atoms with Gasteiger partial charge >= 0.3 is 0 Å². The highest BCUT2D eigenvalue weighted by Gasteiger charge is 2.34. The Morgan fingerprint density at radius 2 is 1.84 bits per heavy atom. The largest absolute Gasteiger partial charge is 0.497 e. The quantitative estimate of drug-likeness (QED) is 0.585. The summed E-state index contributed by atoms with van der Waals surface area (Å²) in [5.74, 6) is 0.229. The number of nitrogens with zero attached hydrogens (tertiary/aromatic N) is 3. The molecule has 3 aromatic rings. The molecule has 158 valence electrons. The molecule has 0 aliphatic carbocycles. The summed E-state index contributed by atoms with van der Waals surface area (Å²) in [6, 6.07) is 20.5. The van der Waals surface area contributed by atoms with Gasteiger partial charge in [0.25, 0.3) is 11.8 Å². The lowest BCUT2D eigenvalue weighted by Gasteiger charge is -2.25. The van der Waals surface area contributed by atoms with Gasteiger partial charge in [-0.15, -0.1) is 11.3 Å². The Kier molecular flexibility index (Phi) is 6.13. The fourth-order valence-corrected chi connectivity index (χ4v) is 4.29. The van der Waals surface area contributed by atoms with Crippen LogP contribution in [0.25, 0.3) is 0 Å². The van der Waals surface area contributed by atoms with Gasteiger partial charge in [0.05, 0.1) is 23.7 Å². The average molecular weight is 434 g/mol. The molecule has 0 unspecified atom stereocenters. The molecule has 1 aliphatic rings. The zero-order valence-corrected chi connectivity index (χ0v) is 18.2. The van der Waals surface area contributed by atoms with Gasteiger partial charge in [0.1, 0.15) is 12.3 Å². The first-order valence-corrected chi connectivity index (χ1v) is 10.8. The van der Waals surface area contributed by atoms with Crippen LogP contribution in [0.3, 0.4) is 0 Å². The van der Waals surface area contributed by atoms with Crippen LogP contribution in [-0.4, -0.2) is 48.1 Å². The van der Waals surface area contributed by atoms with Gasteiger partial charge in [-0.1, -0.05) is 36.4 Å². The van der Waals surface area contributed by atoms with Crippen molar-refractivity contribution in [3.8, 4) is 5.75 Å². The first-order chi connectivity index (χ1) is 15.1. The molecular weight excluding hydrogens is 410 g/mol. The number of ether oxygens (including phenoxy) is 1. The van der Waals surface area contributed by atoms with Crippen molar-refractivity contribution < 1.29 is 14.3 Å². The van der Waals surface area contributed by atoms with Gasteiger partial charge in [-0.2, -0.15) is 5.10 Å². The molecule has 4 rings (SSSR count). The minimum Gasteiger partial charge on any atom is -0.497 e. The van der Waals surface area contributed by atoms with Crippen molar-refractivity contribution in [2.24, 2.45) is 5.10 Å². The van der Waals surface area contributed by atoms with Crippen LogP contribution in [0, 0.1) is 0 Å². The lowest BCUT2D eigenvalue weighted by molar-refractivity contribution is -0.133. The minimum atomic E-state index is -0.228. The van der Waals surface area contributed by atoms with Gasteiger partial charge in [0.2, 0.25) is 0 Å². The lowest BCUT2D eigenvalue weighted by atomic mass is 10.0. The fraction of sp³-hybridized carbons (Fsp3) is 0.208. The second kappa shape index (κ2) is 9.14. The number of methoxy groups -OCH3 is 1. The number of thiophene rings is 1. The van der Waals surface area contributed by atoms with Crippen LogP contribution in [0.5, 0.6) is 5.75 Å². The summed E-state index contributed by atoms with van der Waals surface area (Å²) in [4.78, 5) is 28.5. The first-order valence-electron chi connectivity index (χ1n) is 9.94. The molecule has 2 heterocycles. The second-order valence-corrected chi connectivity index (χ2v) is 8.23. The van der Waals surface area contributed by atoms with Crippen molar-refractivity contribution in [1.29, 1.82) is 0 Å². The van der Waals surface area contributed by atoms with Crippen LogP contribution in [0.15, 0.2) is 77.2 Å². The highest BCUT2D eigenvalue weighted by molar-refractivity contribution is 7.12. The molecule has 0 saturated carbocycles. The van der Waals surface area contributed by atoms with Crippen molar-refractivity contribution in [2.75, 3.05) is 20.7 Å². The molecule has 0 radical (unpaired) electrons. The minimum absolute atomic E-state index is 0.0601. The number of carbonyl (C=O) groups excluding carboxylic acids is 2. The smallest absolute Gasteiger partial charge is 0.262 e. The van der Waals surface area contributed by atoms with Crippen molar-refractivity contribution in [2.45, 2.75) is 12.5 Å². The van der Waals surface area contributed by atoms with E-state index in [2.05, 4.69) is 5.10 Å². The third kappa shape index (κ3) is 4.51. The molecule has 7 heteroatoms. The summed E-state index contributed by atoms with van der Waals surface area (Å²) in [7, 11) is 3.20. The highest BCUT2D eigenvalue weighted by Crippen LogP contribution is 2.33. The number of carbonyl (C=O) groups is 2. The Balaban J connectivity index is 1.53. The highest BCUT2D eigenvalue weighted by atomic mass is 32.1. The van der Waals surface area contributed by atoms with E-state index in [0.29, 0.717) is 17.7 Å². The van der Waals surface area contributed by atoms with Gasteiger partial charge in [0, 0.05) is 19.0 Å². The summed E-state index contributed by atoms with van der Waals surface area (Å²) in [5.41, 5.74) is 2.41. The maximum absolute atomic E-state index is 13.2. The van der Waals surface area contributed by atoms with Crippen LogP contribution >= 0.6 is 11.3 Å². The van der Waals surface area contributed by atoms with Crippen LogP contribution in [0.4, 0.5) is 0 Å². The number of hydrogen-bond donors (Lipinski definition) is 0. The maximum Gasteiger partial charge on any atom is 0.262 e. The van der Waals surface area contributed by atoms with Gasteiger partial charge in [0.15, 0.2) is 0 Å². The molecule has 6 nitrogen and oxygen atoms in total. The summed E-state index contributed by atoms with van der Waals surface area (Å²) in [6.07, 6.45) is 0.645. The van der Waals surface area contributed by atoms with Gasteiger partial charge in [-0.05, 0) is 41.3 Å². The summed E-state index contributed by atoms with van der Waals surface area (Å²) in [5, 5.41) is 8.18. The number of hydrazone groups is 1. The Morgan fingerprint density at radius 3 is 2.48 bits per heavy atom. The molecule has 0 fully saturated rings. The van der Waals surface area contributed by atoms with E-state index in [1.165, 1.54) is 9.91 Å². The van der Waals surface area contributed by atoms with E-state index < -0.39 is 0 Å². The fourth-order valence-electron chi connectivity index (χ4n) is 3.57. The van der Waals surface area contributed by atoms with Gasteiger partial charge in [-0.25, -0.2) is 5.01 Å². The van der Waals surface area contributed by atoms with E-state index in [-0.39, 0.29) is 24.4 Å². The average Bonchev–Trinajstić information content (AvgIpc) is 3.49. The predicted octanol–water partition coefficient (Wildman–Crippen LogP) is 4.21. The topological polar surface area (TPSA) is 62.2 Å². The zero-order chi connectivity index (χ0) is 21.8. The van der Waals surface area contributed by atoms with E-state index in [0.717, 1.165) is 16.2 Å². The van der Waals surface area contributed by atoms with E-state index in [1.54, 1.807) is 49.8 Å². The molecule has 0 bridgehead atoms. The monoisotopic (exact) mass is 433 g/mol. The molecular formula is C24H23N3O3S. The van der Waals surface area contributed by atoms with Crippen LogP contribution in [-0.2, 0) is 4.79 Å². The van der Waals surface area contributed by atoms with Crippen molar-refractivity contribution in [1.82, 2.24) is 9.91 Å². The Bertz CT molecular complexity index is 1080. The third-order valence-electron chi connectivity index (χ3n) is 5.21. The van der Waals surface area contributed by atoms with Gasteiger partial charge in [-0.3, -0.25) is 9.59 Å². The van der Waals surface area contributed by atoms with Crippen LogP contribution in [0.2, 0.25) is 0 Å². The van der Waals surface area contributed by atoms with Gasteiger partial charge < -0.3 is 9.64 Å². The van der Waals surface area contributed by atoms with Crippen molar-refractivity contribution in [3.05, 3.63) is 88.1 Å². The second-order valence-electron chi connectivity index (χ2n) is 7.28. The van der Waals surface area contributed by atoms with E-state index in [1.807, 2.05) is 47.8 Å². The maximum atomic E-state index is 13.2. The number of likely N-dealkylation sites (N-methyl/N-ethyl adjacent to an activating group) is 1. The van der Waals surface area contributed by atoms with Crippen LogP contribution < -0.4 is 4.74 Å². The summed E-state index contributed by atoms with van der Waals surface area (Å²) >= 11 is 1.61. The van der Waals surface area contributed by atoms with Crippen LogP contribution in [0.1, 0.15) is 33.3 Å². The lowest BCUT2D eigenvalue weighted by Crippen LogP contribution is -2.39. The SMILES string of the molecule is COc1ccc(C(=O)N(C)CC(=O)N2N=C(c3cccs3)C[C@@H]2c2ccccc2)cc1. The Hall–Kier alpha value is -3.45. The summed E-state index contributed by atoms with van der Waals surface area (Å²) < 4.78 is 5.14. The molecule has 2 aromatic carbocycles. The normalized spacial score (nSPS) is 15.5. The van der Waals surface area contributed by atoms with E-state index in [4.69, 9.17) is 4.74 Å². The van der Waals surface area contributed by atoms with E-state index >= 15 is 0 Å². The third-order valence-corrected chi connectivity index (χ3v) is 6.13. The summed E-state index contributed by atoms with van der Waals surface area (Å²) in [6.45, 7) is -0.0601. The standard InChI is InChI=1S/C24H23N3O3S/c1-26(24(29)18-10-12-19(30-2)13-11-18)16-23(28)27-21(17-7-4-3-5-8-17)15-20(25-27)22-9-6-14-31-22/h3-14,21H,15-16H2,1-2H3/t21-/m1/s1. The predicted molar refractivity (Wildman–Crippen MR) is 121 cm³/mol. The molecule has 0 N–H and O–H groups in total. The Labute approximate surface area is 185 Å². The number of hydrogen-bond acceptors (Lipinski definition) is 5. The molecule has 31 heavy (non-hydrogen) atoms. The molecule has 0 saturated heterocycles. The van der Waals surface area contributed by atoms with E-state index in [9.17, 15) is 9.59 Å². The molecule has 1 aromatic heterocycles. The number of benzene rings is 2. The number of rotatable bonds is 6. The van der Waals surface area contributed by atoms with Crippen molar-refractivity contribution in [3.63, 3.8) is 0 Å². The molecule has 0 spiro atoms. The molecule has 2 amide bonds. The van der Waals surface area contributed by atoms with Crippen molar-refractivity contribution >= 4 is 28.9 Å². The number of amides is 2. The molecule has 1 aliphatic heterocycles. The first kappa shape index (κ1) is 20.8. The zero-order valence-electron chi connectivity index (χ0n) is 17.4. The molecule has 1 atom stereocenters. The Morgan fingerprint density at radius 1 is 1.10 bits per heavy atom.